The van der Waals surface area contributed by atoms with Crippen LogP contribution >= 0.6 is 0 Å². The van der Waals surface area contributed by atoms with Crippen molar-refractivity contribution in [3.63, 3.8) is 0 Å². The van der Waals surface area contributed by atoms with Crippen LogP contribution in [0, 0.1) is 0 Å². The van der Waals surface area contributed by atoms with Crippen LogP contribution in [0.5, 0.6) is 0 Å². The van der Waals surface area contributed by atoms with Crippen LogP contribution in [0.3, 0.4) is 0 Å². The molecule has 2 atom stereocenters. The molecule has 1 fully saturated rings. The molecule has 0 aliphatic heterocycles. The third-order valence-corrected chi connectivity index (χ3v) is 4.20. The minimum atomic E-state index is -0.0377. The van der Waals surface area contributed by atoms with Crippen molar-refractivity contribution in [1.82, 2.24) is 15.1 Å². The summed E-state index contributed by atoms with van der Waals surface area (Å²) in [6.07, 6.45) is 4.65. The van der Waals surface area contributed by atoms with Gasteiger partial charge < -0.3 is 20.2 Å². The molecule has 0 spiro atoms. The van der Waals surface area contributed by atoms with Crippen molar-refractivity contribution in [3.8, 4) is 0 Å². The highest BCUT2D eigenvalue weighted by Gasteiger charge is 2.36. The Morgan fingerprint density at radius 1 is 1.28 bits per heavy atom. The minimum Gasteiger partial charge on any atom is -0.394 e. The second-order valence-electron chi connectivity index (χ2n) is 6.00. The number of nitrogens with one attached hydrogen (secondary N) is 1. The van der Waals surface area contributed by atoms with E-state index in [0.717, 1.165) is 32.5 Å². The maximum Gasteiger partial charge on any atom is 0.0613 e. The van der Waals surface area contributed by atoms with Crippen molar-refractivity contribution in [3.05, 3.63) is 0 Å². The van der Waals surface area contributed by atoms with E-state index in [0.29, 0.717) is 6.04 Å². The Labute approximate surface area is 112 Å². The third kappa shape index (κ3) is 4.50. The predicted molar refractivity (Wildman–Crippen MR) is 76.9 cm³/mol. The lowest BCUT2D eigenvalue weighted by Gasteiger charge is -2.43. The van der Waals surface area contributed by atoms with Crippen molar-refractivity contribution >= 4 is 0 Å². The molecule has 18 heavy (non-hydrogen) atoms. The number of aliphatic hydroxyl groups excluding tert-OH is 1. The van der Waals surface area contributed by atoms with E-state index < -0.39 is 0 Å². The molecule has 0 heterocycles. The smallest absolute Gasteiger partial charge is 0.0613 e. The molecular formula is C14H31N3O. The molecule has 0 aromatic rings. The maximum absolute atomic E-state index is 9.70. The fourth-order valence-corrected chi connectivity index (χ4v) is 2.98. The molecule has 0 amide bonds. The van der Waals surface area contributed by atoms with Gasteiger partial charge in [-0.05, 0) is 53.4 Å². The first-order valence-electron chi connectivity index (χ1n) is 7.24. The first kappa shape index (κ1) is 15.9. The second-order valence-corrected chi connectivity index (χ2v) is 6.00. The van der Waals surface area contributed by atoms with Gasteiger partial charge >= 0.3 is 0 Å². The first-order valence-corrected chi connectivity index (χ1v) is 7.24. The van der Waals surface area contributed by atoms with Gasteiger partial charge in [0.05, 0.1) is 6.61 Å². The Balaban J connectivity index is 2.51. The van der Waals surface area contributed by atoms with Crippen molar-refractivity contribution in [1.29, 1.82) is 0 Å². The Morgan fingerprint density at radius 2 is 2.00 bits per heavy atom. The Morgan fingerprint density at radius 3 is 2.56 bits per heavy atom. The third-order valence-electron chi connectivity index (χ3n) is 4.20. The van der Waals surface area contributed by atoms with Gasteiger partial charge in [0.15, 0.2) is 0 Å². The zero-order chi connectivity index (χ0) is 13.6. The minimum absolute atomic E-state index is 0.0377. The van der Waals surface area contributed by atoms with Crippen LogP contribution in [0.4, 0.5) is 0 Å². The second kappa shape index (κ2) is 7.43. The van der Waals surface area contributed by atoms with Crippen molar-refractivity contribution < 1.29 is 5.11 Å². The molecule has 0 radical (unpaired) electrons. The summed E-state index contributed by atoms with van der Waals surface area (Å²) in [6, 6.07) is 0.602. The lowest BCUT2D eigenvalue weighted by molar-refractivity contribution is 0.0685. The lowest BCUT2D eigenvalue weighted by atomic mass is 9.79. The zero-order valence-electron chi connectivity index (χ0n) is 12.6. The summed E-state index contributed by atoms with van der Waals surface area (Å²) in [4.78, 5) is 4.68. The van der Waals surface area contributed by atoms with Crippen molar-refractivity contribution in [2.75, 3.05) is 47.4 Å². The van der Waals surface area contributed by atoms with Gasteiger partial charge in [0.1, 0.15) is 0 Å². The van der Waals surface area contributed by atoms with Crippen LogP contribution in [-0.2, 0) is 0 Å². The molecule has 4 nitrogen and oxygen atoms in total. The lowest BCUT2D eigenvalue weighted by Crippen LogP contribution is -2.55. The predicted octanol–water partition coefficient (Wildman–Crippen LogP) is 0.763. The SMILES string of the molecule is CCNC1(CO)CCCC(N(C)CCN(C)C)C1. The monoisotopic (exact) mass is 257 g/mol. The fraction of sp³-hybridized carbons (Fsp3) is 1.00. The molecule has 0 aromatic heterocycles. The summed E-state index contributed by atoms with van der Waals surface area (Å²) >= 11 is 0. The summed E-state index contributed by atoms with van der Waals surface area (Å²) in [5.41, 5.74) is -0.0377. The fourth-order valence-electron chi connectivity index (χ4n) is 2.98. The zero-order valence-corrected chi connectivity index (χ0v) is 12.6. The van der Waals surface area contributed by atoms with Gasteiger partial charge in [0.25, 0.3) is 0 Å². The molecule has 1 rings (SSSR count). The van der Waals surface area contributed by atoms with E-state index in [1.165, 1.54) is 12.8 Å². The van der Waals surface area contributed by atoms with E-state index in [-0.39, 0.29) is 12.1 Å². The highest BCUT2D eigenvalue weighted by Crippen LogP contribution is 2.30. The molecule has 1 aliphatic rings. The Bertz CT molecular complexity index is 231. The molecule has 1 aliphatic carbocycles. The molecule has 108 valence electrons. The van der Waals surface area contributed by atoms with Gasteiger partial charge in [-0.1, -0.05) is 6.92 Å². The molecular weight excluding hydrogens is 226 g/mol. The molecule has 1 saturated carbocycles. The van der Waals surface area contributed by atoms with E-state index in [9.17, 15) is 5.11 Å². The standard InChI is InChI=1S/C14H31N3O/c1-5-15-14(12-18)8-6-7-13(11-14)17(4)10-9-16(2)3/h13,15,18H,5-12H2,1-4H3. The van der Waals surface area contributed by atoms with Crippen LogP contribution < -0.4 is 5.32 Å². The van der Waals surface area contributed by atoms with E-state index in [4.69, 9.17) is 0 Å². The van der Waals surface area contributed by atoms with E-state index in [2.05, 4.69) is 43.2 Å². The summed E-state index contributed by atoms with van der Waals surface area (Å²) in [5.74, 6) is 0. The van der Waals surface area contributed by atoms with Crippen LogP contribution in [0.25, 0.3) is 0 Å². The molecule has 0 aromatic carbocycles. The van der Waals surface area contributed by atoms with Crippen LogP contribution in [0.15, 0.2) is 0 Å². The molecule has 0 bridgehead atoms. The summed E-state index contributed by atoms with van der Waals surface area (Å²) in [7, 11) is 6.45. The molecule has 4 heteroatoms. The van der Waals surface area contributed by atoms with Crippen molar-refractivity contribution in [2.24, 2.45) is 0 Å². The summed E-state index contributed by atoms with van der Waals surface area (Å²) in [5, 5.41) is 13.2. The molecule has 2 unspecified atom stereocenters. The van der Waals surface area contributed by atoms with E-state index >= 15 is 0 Å². The largest absolute Gasteiger partial charge is 0.394 e. The molecule has 0 saturated heterocycles. The quantitative estimate of drug-likeness (QED) is 0.706. The number of likely N-dealkylation sites (N-methyl/N-ethyl adjacent to an activating group) is 3. The average molecular weight is 257 g/mol. The van der Waals surface area contributed by atoms with Gasteiger partial charge in [-0.25, -0.2) is 0 Å². The molecule has 2 N–H and O–H groups in total. The van der Waals surface area contributed by atoms with Crippen LogP contribution in [0.1, 0.15) is 32.6 Å². The van der Waals surface area contributed by atoms with Gasteiger partial charge in [-0.3, -0.25) is 0 Å². The number of hydrogen-bond donors (Lipinski definition) is 2. The highest BCUT2D eigenvalue weighted by atomic mass is 16.3. The number of rotatable bonds is 7. The van der Waals surface area contributed by atoms with Crippen LogP contribution in [0.2, 0.25) is 0 Å². The summed E-state index contributed by atoms with van der Waals surface area (Å²) in [6.45, 7) is 5.52. The first-order chi connectivity index (χ1) is 8.53. The number of aliphatic hydroxyl groups is 1. The Kier molecular flexibility index (Phi) is 6.57. The number of nitrogens with zero attached hydrogens (tertiary/aromatic N) is 2. The van der Waals surface area contributed by atoms with Crippen LogP contribution in [-0.4, -0.2) is 73.9 Å². The Hall–Kier alpha value is -0.160. The van der Waals surface area contributed by atoms with Gasteiger partial charge in [0, 0.05) is 24.7 Å². The number of hydrogen-bond acceptors (Lipinski definition) is 4. The summed E-state index contributed by atoms with van der Waals surface area (Å²) < 4.78 is 0. The normalized spacial score (nSPS) is 29.2. The van der Waals surface area contributed by atoms with Gasteiger partial charge in [-0.2, -0.15) is 0 Å². The topological polar surface area (TPSA) is 38.7 Å². The van der Waals surface area contributed by atoms with E-state index in [1.807, 2.05) is 0 Å². The van der Waals surface area contributed by atoms with Gasteiger partial charge in [0.2, 0.25) is 0 Å². The van der Waals surface area contributed by atoms with E-state index in [1.54, 1.807) is 0 Å². The maximum atomic E-state index is 9.70. The highest BCUT2D eigenvalue weighted by molar-refractivity contribution is 4.95. The van der Waals surface area contributed by atoms with Crippen molar-refractivity contribution in [2.45, 2.75) is 44.2 Å². The van der Waals surface area contributed by atoms with Gasteiger partial charge in [-0.15, -0.1) is 0 Å². The average Bonchev–Trinajstić information content (AvgIpc) is 2.36.